The van der Waals surface area contributed by atoms with E-state index in [1.165, 1.54) is 0 Å². The molecular formula is C22H26BrClN2O2. The number of nitrogens with one attached hydrogen (secondary N) is 1. The summed E-state index contributed by atoms with van der Waals surface area (Å²) in [6, 6.07) is 14.5. The summed E-state index contributed by atoms with van der Waals surface area (Å²) in [5.74, 6) is -0.276. The van der Waals surface area contributed by atoms with Gasteiger partial charge in [0.1, 0.15) is 6.04 Å². The molecule has 28 heavy (non-hydrogen) atoms. The second kappa shape index (κ2) is 11.2. The number of amides is 2. The van der Waals surface area contributed by atoms with Crippen LogP contribution in [-0.4, -0.2) is 29.3 Å². The van der Waals surface area contributed by atoms with Crippen LogP contribution < -0.4 is 5.32 Å². The number of carbonyl (C=O) groups is 2. The number of nitrogens with zero attached hydrogens (tertiary/aromatic N) is 1. The van der Waals surface area contributed by atoms with Gasteiger partial charge in [-0.3, -0.25) is 9.59 Å². The third-order valence-electron chi connectivity index (χ3n) is 4.54. The Kier molecular flexibility index (Phi) is 9.00. The highest BCUT2D eigenvalue weighted by Gasteiger charge is 2.26. The monoisotopic (exact) mass is 464 g/mol. The Bertz CT molecular complexity index is 813. The van der Waals surface area contributed by atoms with Gasteiger partial charge in [-0.1, -0.05) is 71.2 Å². The molecule has 2 aromatic carbocycles. The van der Waals surface area contributed by atoms with E-state index in [1.54, 1.807) is 17.9 Å². The molecular weight excluding hydrogens is 440 g/mol. The van der Waals surface area contributed by atoms with E-state index in [9.17, 15) is 9.59 Å². The molecule has 0 aliphatic carbocycles. The van der Waals surface area contributed by atoms with Crippen LogP contribution in [-0.2, 0) is 22.6 Å². The van der Waals surface area contributed by atoms with Crippen molar-refractivity contribution >= 4 is 39.3 Å². The third-order valence-corrected chi connectivity index (χ3v) is 5.40. The fourth-order valence-electron chi connectivity index (χ4n) is 2.86. The van der Waals surface area contributed by atoms with E-state index in [0.717, 1.165) is 28.4 Å². The molecule has 0 unspecified atom stereocenters. The maximum atomic E-state index is 13.1. The van der Waals surface area contributed by atoms with Gasteiger partial charge in [0.15, 0.2) is 0 Å². The Hall–Kier alpha value is -1.85. The van der Waals surface area contributed by atoms with E-state index in [2.05, 4.69) is 28.2 Å². The van der Waals surface area contributed by atoms with E-state index in [4.69, 9.17) is 11.6 Å². The van der Waals surface area contributed by atoms with Gasteiger partial charge in [-0.15, -0.1) is 0 Å². The first-order valence-corrected chi connectivity index (χ1v) is 10.6. The quantitative estimate of drug-likeness (QED) is 0.531. The Labute approximate surface area is 180 Å². The molecule has 0 fully saturated rings. The van der Waals surface area contributed by atoms with Crippen LogP contribution in [0.4, 0.5) is 0 Å². The summed E-state index contributed by atoms with van der Waals surface area (Å²) in [6.45, 7) is 4.81. The lowest BCUT2D eigenvalue weighted by Gasteiger charge is -2.29. The van der Waals surface area contributed by atoms with E-state index < -0.39 is 6.04 Å². The second-order valence-electron chi connectivity index (χ2n) is 6.74. The van der Waals surface area contributed by atoms with Gasteiger partial charge in [-0.05, 0) is 42.7 Å². The van der Waals surface area contributed by atoms with Crippen LogP contribution in [0.3, 0.4) is 0 Å². The number of hydrogen-bond acceptors (Lipinski definition) is 2. The Morgan fingerprint density at radius 3 is 2.61 bits per heavy atom. The molecule has 0 radical (unpaired) electrons. The summed E-state index contributed by atoms with van der Waals surface area (Å²) in [5.41, 5.74) is 1.71. The van der Waals surface area contributed by atoms with E-state index >= 15 is 0 Å². The second-order valence-corrected chi connectivity index (χ2v) is 8.06. The van der Waals surface area contributed by atoms with Gasteiger partial charge >= 0.3 is 0 Å². The van der Waals surface area contributed by atoms with Crippen LogP contribution in [0.1, 0.15) is 37.8 Å². The lowest BCUT2D eigenvalue weighted by Crippen LogP contribution is -2.48. The normalized spacial score (nSPS) is 11.7. The molecule has 2 amide bonds. The van der Waals surface area contributed by atoms with E-state index in [-0.39, 0.29) is 18.2 Å². The molecule has 0 saturated heterocycles. The standard InChI is InChI=1S/C22H26BrClN2O2/c1-3-4-12-25-22(28)16(2)26(15-17-8-7-10-19(23)13-17)21(27)14-18-9-5-6-11-20(18)24/h5-11,13,16H,3-4,12,14-15H2,1-2H3,(H,25,28)/t16-/m0/s1. The zero-order valence-electron chi connectivity index (χ0n) is 16.3. The third kappa shape index (κ3) is 6.64. The van der Waals surface area contributed by atoms with E-state index in [0.29, 0.717) is 18.1 Å². The zero-order chi connectivity index (χ0) is 20.5. The molecule has 150 valence electrons. The molecule has 0 aromatic heterocycles. The molecule has 0 bridgehead atoms. The van der Waals surface area contributed by atoms with Gasteiger partial charge in [0.25, 0.3) is 0 Å². The van der Waals surface area contributed by atoms with Gasteiger partial charge in [-0.2, -0.15) is 0 Å². The van der Waals surface area contributed by atoms with Crippen LogP contribution in [0.5, 0.6) is 0 Å². The molecule has 2 rings (SSSR count). The molecule has 1 atom stereocenters. The van der Waals surface area contributed by atoms with Crippen molar-refractivity contribution in [2.75, 3.05) is 6.54 Å². The van der Waals surface area contributed by atoms with Crippen molar-refractivity contribution in [2.45, 2.75) is 45.7 Å². The largest absolute Gasteiger partial charge is 0.354 e. The van der Waals surface area contributed by atoms with Gasteiger partial charge in [0.2, 0.25) is 11.8 Å². The van der Waals surface area contributed by atoms with Crippen molar-refractivity contribution < 1.29 is 9.59 Å². The van der Waals surface area contributed by atoms with Crippen LogP contribution >= 0.6 is 27.5 Å². The van der Waals surface area contributed by atoms with Crippen LogP contribution in [0, 0.1) is 0 Å². The Morgan fingerprint density at radius 1 is 1.18 bits per heavy atom. The Balaban J connectivity index is 2.20. The van der Waals surface area contributed by atoms with Crippen molar-refractivity contribution in [1.82, 2.24) is 10.2 Å². The number of halogens is 2. The van der Waals surface area contributed by atoms with Crippen molar-refractivity contribution in [3.05, 3.63) is 69.2 Å². The van der Waals surface area contributed by atoms with Crippen molar-refractivity contribution in [3.8, 4) is 0 Å². The number of benzene rings is 2. The van der Waals surface area contributed by atoms with Crippen molar-refractivity contribution in [2.24, 2.45) is 0 Å². The van der Waals surface area contributed by atoms with Gasteiger partial charge in [-0.25, -0.2) is 0 Å². The topological polar surface area (TPSA) is 49.4 Å². The molecule has 4 nitrogen and oxygen atoms in total. The first-order valence-electron chi connectivity index (χ1n) is 9.47. The van der Waals surface area contributed by atoms with Crippen LogP contribution in [0.2, 0.25) is 5.02 Å². The van der Waals surface area contributed by atoms with Gasteiger partial charge < -0.3 is 10.2 Å². The zero-order valence-corrected chi connectivity index (χ0v) is 18.6. The summed E-state index contributed by atoms with van der Waals surface area (Å²) >= 11 is 9.68. The first kappa shape index (κ1) is 22.4. The summed E-state index contributed by atoms with van der Waals surface area (Å²) in [7, 11) is 0. The lowest BCUT2D eigenvalue weighted by molar-refractivity contribution is -0.140. The summed E-state index contributed by atoms with van der Waals surface area (Å²) in [6.07, 6.45) is 2.07. The van der Waals surface area contributed by atoms with Crippen molar-refractivity contribution in [1.29, 1.82) is 0 Å². The highest BCUT2D eigenvalue weighted by atomic mass is 79.9. The Morgan fingerprint density at radius 2 is 1.93 bits per heavy atom. The first-order chi connectivity index (χ1) is 13.4. The smallest absolute Gasteiger partial charge is 0.242 e. The molecule has 0 saturated carbocycles. The number of hydrogen-bond donors (Lipinski definition) is 1. The minimum atomic E-state index is -0.578. The summed E-state index contributed by atoms with van der Waals surface area (Å²) in [4.78, 5) is 27.3. The number of carbonyl (C=O) groups excluding carboxylic acids is 2. The van der Waals surface area contributed by atoms with E-state index in [1.807, 2.05) is 42.5 Å². The molecule has 6 heteroatoms. The molecule has 1 N–H and O–H groups in total. The minimum absolute atomic E-state index is 0.133. The highest BCUT2D eigenvalue weighted by molar-refractivity contribution is 9.10. The number of rotatable bonds is 9. The maximum absolute atomic E-state index is 13.1. The maximum Gasteiger partial charge on any atom is 0.242 e. The molecule has 0 heterocycles. The van der Waals surface area contributed by atoms with Crippen LogP contribution in [0.15, 0.2) is 53.0 Å². The minimum Gasteiger partial charge on any atom is -0.354 e. The predicted molar refractivity (Wildman–Crippen MR) is 117 cm³/mol. The number of unbranched alkanes of at least 4 members (excludes halogenated alkanes) is 1. The van der Waals surface area contributed by atoms with Gasteiger partial charge in [0, 0.05) is 22.6 Å². The predicted octanol–water partition coefficient (Wildman–Crippen LogP) is 4.98. The SMILES string of the molecule is CCCCNC(=O)[C@H](C)N(Cc1cccc(Br)c1)C(=O)Cc1ccccc1Cl. The highest BCUT2D eigenvalue weighted by Crippen LogP contribution is 2.19. The average molecular weight is 466 g/mol. The average Bonchev–Trinajstić information content (AvgIpc) is 2.67. The molecule has 0 aliphatic rings. The fourth-order valence-corrected chi connectivity index (χ4v) is 3.51. The molecule has 0 aliphatic heterocycles. The molecule has 2 aromatic rings. The van der Waals surface area contributed by atoms with Crippen molar-refractivity contribution in [3.63, 3.8) is 0 Å². The molecule has 0 spiro atoms. The fraction of sp³-hybridized carbons (Fsp3) is 0.364. The summed E-state index contributed by atoms with van der Waals surface area (Å²) in [5, 5.41) is 3.48. The lowest BCUT2D eigenvalue weighted by atomic mass is 10.1. The van der Waals surface area contributed by atoms with Gasteiger partial charge in [0.05, 0.1) is 6.42 Å². The van der Waals surface area contributed by atoms with Crippen LogP contribution in [0.25, 0.3) is 0 Å². The summed E-state index contributed by atoms with van der Waals surface area (Å²) < 4.78 is 0.934.